The molecule has 1 aromatic rings. The molecule has 0 radical (unpaired) electrons. The Balaban J connectivity index is 3.08. The predicted octanol–water partition coefficient (Wildman–Crippen LogP) is 4.11. The van der Waals surface area contributed by atoms with Crippen LogP contribution in [-0.2, 0) is 4.74 Å². The third-order valence-electron chi connectivity index (χ3n) is 2.17. The van der Waals surface area contributed by atoms with E-state index in [0.717, 1.165) is 26.2 Å². The number of carbonyl (C=O) groups is 1. The highest BCUT2D eigenvalue weighted by Gasteiger charge is 2.38. The van der Waals surface area contributed by atoms with E-state index >= 15 is 0 Å². The molecule has 0 bridgehead atoms. The van der Waals surface area contributed by atoms with Crippen LogP contribution >= 0.6 is 23.2 Å². The van der Waals surface area contributed by atoms with Gasteiger partial charge in [-0.05, 0) is 19.1 Å². The molecule has 0 heterocycles. The first-order chi connectivity index (χ1) is 8.66. The summed E-state index contributed by atoms with van der Waals surface area (Å²) in [7, 11) is 1.15. The second-order valence-electron chi connectivity index (χ2n) is 3.56. The fraction of sp³-hybridized carbons (Fsp3) is 0.364. The van der Waals surface area contributed by atoms with Gasteiger partial charge in [-0.1, -0.05) is 23.2 Å². The van der Waals surface area contributed by atoms with Gasteiger partial charge >= 0.3 is 12.1 Å². The number of hydrogen-bond donors (Lipinski definition) is 0. The van der Waals surface area contributed by atoms with E-state index in [1.54, 1.807) is 0 Å². The minimum atomic E-state index is -4.55. The van der Waals surface area contributed by atoms with Gasteiger partial charge in [0.15, 0.2) is 11.9 Å². The second kappa shape index (κ2) is 5.88. The summed E-state index contributed by atoms with van der Waals surface area (Å²) in [5.41, 5.74) is 0.0181. The molecule has 1 rings (SSSR count). The lowest BCUT2D eigenvalue weighted by atomic mass is 10.2. The van der Waals surface area contributed by atoms with Gasteiger partial charge in [-0.2, -0.15) is 13.2 Å². The first kappa shape index (κ1) is 15.9. The Hall–Kier alpha value is -1.14. The van der Waals surface area contributed by atoms with Crippen LogP contribution in [0, 0.1) is 0 Å². The molecule has 0 saturated heterocycles. The number of halogens is 5. The number of hydrogen-bond acceptors (Lipinski definition) is 3. The van der Waals surface area contributed by atoms with E-state index in [4.69, 9.17) is 23.2 Å². The van der Waals surface area contributed by atoms with Crippen LogP contribution in [0.3, 0.4) is 0 Å². The zero-order valence-electron chi connectivity index (χ0n) is 9.85. The van der Waals surface area contributed by atoms with Crippen molar-refractivity contribution >= 4 is 29.2 Å². The molecule has 0 aliphatic heterocycles. The number of rotatable bonds is 3. The highest BCUT2D eigenvalue weighted by Crippen LogP contribution is 2.37. The van der Waals surface area contributed by atoms with Crippen molar-refractivity contribution in [3.63, 3.8) is 0 Å². The molecular formula is C11H9Cl2F3O3. The molecule has 1 aromatic carbocycles. The van der Waals surface area contributed by atoms with Gasteiger partial charge in [0.1, 0.15) is 0 Å². The van der Waals surface area contributed by atoms with Crippen molar-refractivity contribution in [2.75, 3.05) is 7.11 Å². The zero-order valence-corrected chi connectivity index (χ0v) is 11.4. The van der Waals surface area contributed by atoms with Crippen molar-refractivity contribution in [2.24, 2.45) is 0 Å². The molecule has 0 fully saturated rings. The highest BCUT2D eigenvalue weighted by molar-refractivity contribution is 6.37. The minimum Gasteiger partial charge on any atom is -0.478 e. The molecule has 0 aliphatic carbocycles. The standard InChI is InChI=1S/C11H9Cl2F3O3/c1-5(11(14,15)16)19-9-7(12)3-6(4-8(9)13)10(17)18-2/h3-5H,1-2H3/t5-/m0/s1. The number of carbonyl (C=O) groups excluding carboxylic acids is 1. The van der Waals surface area contributed by atoms with Crippen molar-refractivity contribution in [3.05, 3.63) is 27.7 Å². The zero-order chi connectivity index (χ0) is 14.8. The van der Waals surface area contributed by atoms with Gasteiger partial charge < -0.3 is 9.47 Å². The molecule has 19 heavy (non-hydrogen) atoms. The first-order valence-corrected chi connectivity index (χ1v) is 5.73. The monoisotopic (exact) mass is 316 g/mol. The molecule has 106 valence electrons. The summed E-state index contributed by atoms with van der Waals surface area (Å²) in [5, 5.41) is -0.409. The Morgan fingerprint density at radius 2 is 1.74 bits per heavy atom. The first-order valence-electron chi connectivity index (χ1n) is 4.97. The lowest BCUT2D eigenvalue weighted by molar-refractivity contribution is -0.189. The number of benzene rings is 1. The summed E-state index contributed by atoms with van der Waals surface area (Å²) in [5.74, 6) is -1.04. The third kappa shape index (κ3) is 3.91. The van der Waals surface area contributed by atoms with Crippen molar-refractivity contribution < 1.29 is 27.4 Å². The third-order valence-corrected chi connectivity index (χ3v) is 2.74. The molecule has 0 amide bonds. The van der Waals surface area contributed by atoms with Crippen molar-refractivity contribution in [1.82, 2.24) is 0 Å². The van der Waals surface area contributed by atoms with E-state index in [9.17, 15) is 18.0 Å². The molecule has 0 N–H and O–H groups in total. The van der Waals surface area contributed by atoms with E-state index in [-0.39, 0.29) is 21.4 Å². The van der Waals surface area contributed by atoms with Crippen LogP contribution < -0.4 is 4.74 Å². The van der Waals surface area contributed by atoms with E-state index in [1.807, 2.05) is 0 Å². The van der Waals surface area contributed by atoms with Gasteiger partial charge in [0.05, 0.1) is 22.7 Å². The van der Waals surface area contributed by atoms with Gasteiger partial charge in [0.2, 0.25) is 0 Å². The van der Waals surface area contributed by atoms with E-state index in [0.29, 0.717) is 0 Å². The maximum absolute atomic E-state index is 12.4. The lowest BCUT2D eigenvalue weighted by Crippen LogP contribution is -2.31. The Morgan fingerprint density at radius 1 is 1.26 bits per heavy atom. The highest BCUT2D eigenvalue weighted by atomic mass is 35.5. The maximum atomic E-state index is 12.4. The summed E-state index contributed by atoms with van der Waals surface area (Å²) < 4.78 is 46.2. The molecule has 0 saturated carbocycles. The molecule has 0 aliphatic rings. The average molecular weight is 317 g/mol. The number of ether oxygens (including phenoxy) is 2. The molecule has 0 aromatic heterocycles. The van der Waals surface area contributed by atoms with Gasteiger partial charge in [0.25, 0.3) is 0 Å². The van der Waals surface area contributed by atoms with Crippen LogP contribution in [0.4, 0.5) is 13.2 Å². The summed E-state index contributed by atoms with van der Waals surface area (Å²) in [4.78, 5) is 11.3. The number of methoxy groups -OCH3 is 1. The van der Waals surface area contributed by atoms with Crippen LogP contribution in [0.1, 0.15) is 17.3 Å². The van der Waals surface area contributed by atoms with Crippen LogP contribution in [0.2, 0.25) is 10.0 Å². The Kier molecular flexibility index (Phi) is 4.92. The fourth-order valence-corrected chi connectivity index (χ4v) is 1.73. The van der Waals surface area contributed by atoms with Crippen molar-refractivity contribution in [3.8, 4) is 5.75 Å². The molecule has 1 atom stereocenters. The van der Waals surface area contributed by atoms with Crippen LogP contribution in [-0.4, -0.2) is 25.4 Å². The normalized spacial score (nSPS) is 13.0. The van der Waals surface area contributed by atoms with Crippen molar-refractivity contribution in [1.29, 1.82) is 0 Å². The summed E-state index contributed by atoms with van der Waals surface area (Å²) in [6, 6.07) is 2.25. The number of alkyl halides is 3. The van der Waals surface area contributed by atoms with Crippen LogP contribution in [0.25, 0.3) is 0 Å². The molecule has 0 unspecified atom stereocenters. The van der Waals surface area contributed by atoms with Gasteiger partial charge in [-0.25, -0.2) is 4.79 Å². The minimum absolute atomic E-state index is 0.0181. The SMILES string of the molecule is COC(=O)c1cc(Cl)c(O[C@@H](C)C(F)(F)F)c(Cl)c1. The largest absolute Gasteiger partial charge is 0.478 e. The van der Waals surface area contributed by atoms with Crippen molar-refractivity contribution in [2.45, 2.75) is 19.2 Å². The van der Waals surface area contributed by atoms with Crippen LogP contribution in [0.15, 0.2) is 12.1 Å². The molecule has 0 spiro atoms. The maximum Gasteiger partial charge on any atom is 0.425 e. The molecule has 3 nitrogen and oxygen atoms in total. The van der Waals surface area contributed by atoms with Gasteiger partial charge in [-0.15, -0.1) is 0 Å². The van der Waals surface area contributed by atoms with E-state index in [1.165, 1.54) is 0 Å². The predicted molar refractivity (Wildman–Crippen MR) is 63.9 cm³/mol. The second-order valence-corrected chi connectivity index (χ2v) is 4.38. The van der Waals surface area contributed by atoms with Gasteiger partial charge in [-0.3, -0.25) is 0 Å². The molecular weight excluding hydrogens is 308 g/mol. The van der Waals surface area contributed by atoms with E-state index < -0.39 is 18.2 Å². The quantitative estimate of drug-likeness (QED) is 0.787. The molecule has 8 heteroatoms. The summed E-state index contributed by atoms with van der Waals surface area (Å²) >= 11 is 11.5. The Bertz CT molecular complexity index is 466. The average Bonchev–Trinajstić information content (AvgIpc) is 2.30. The van der Waals surface area contributed by atoms with Crippen LogP contribution in [0.5, 0.6) is 5.75 Å². The van der Waals surface area contributed by atoms with E-state index in [2.05, 4.69) is 9.47 Å². The summed E-state index contributed by atoms with van der Waals surface area (Å²) in [6.45, 7) is 0.820. The fourth-order valence-electron chi connectivity index (χ4n) is 1.15. The number of esters is 1. The Labute approximate surface area is 117 Å². The topological polar surface area (TPSA) is 35.5 Å². The smallest absolute Gasteiger partial charge is 0.425 e. The van der Waals surface area contributed by atoms with Gasteiger partial charge in [0, 0.05) is 0 Å². The lowest BCUT2D eigenvalue weighted by Gasteiger charge is -2.19. The summed E-state index contributed by atoms with van der Waals surface area (Å²) in [6.07, 6.45) is -6.63. The Morgan fingerprint density at radius 3 is 2.11 bits per heavy atom.